The lowest BCUT2D eigenvalue weighted by molar-refractivity contribution is 0.122. The number of aliphatic hydroxyl groups excluding tert-OH is 1. The zero-order valence-electron chi connectivity index (χ0n) is 8.04. The molecule has 1 fully saturated rings. The molecule has 2 heteroatoms. The first kappa shape index (κ1) is 9.07. The van der Waals surface area contributed by atoms with E-state index >= 15 is 0 Å². The fraction of sp³-hybridized carbons (Fsp3) is 0.818. The van der Waals surface area contributed by atoms with Crippen LogP contribution in [0.15, 0.2) is 11.8 Å². The van der Waals surface area contributed by atoms with Gasteiger partial charge in [0.05, 0.1) is 19.0 Å². The molecule has 2 rings (SSSR count). The predicted molar refractivity (Wildman–Crippen MR) is 51.2 cm³/mol. The van der Waals surface area contributed by atoms with Gasteiger partial charge in [-0.15, -0.1) is 0 Å². The van der Waals surface area contributed by atoms with Crippen molar-refractivity contribution in [2.75, 3.05) is 6.61 Å². The van der Waals surface area contributed by atoms with Crippen LogP contribution in [0.25, 0.3) is 0 Å². The lowest BCUT2D eigenvalue weighted by atomic mass is 9.92. The Kier molecular flexibility index (Phi) is 2.89. The lowest BCUT2D eigenvalue weighted by Gasteiger charge is -2.23. The quantitative estimate of drug-likeness (QED) is 0.709. The first-order valence-corrected chi connectivity index (χ1v) is 5.36. The summed E-state index contributed by atoms with van der Waals surface area (Å²) in [5.74, 6) is 0.507. The molecule has 2 nitrogen and oxygen atoms in total. The van der Waals surface area contributed by atoms with Gasteiger partial charge in [0, 0.05) is 0 Å². The molecule has 1 heterocycles. The summed E-state index contributed by atoms with van der Waals surface area (Å²) < 4.78 is 5.24. The van der Waals surface area contributed by atoms with Crippen molar-refractivity contribution in [2.24, 2.45) is 5.92 Å². The van der Waals surface area contributed by atoms with Crippen LogP contribution < -0.4 is 0 Å². The van der Waals surface area contributed by atoms with Crippen LogP contribution in [0.5, 0.6) is 0 Å². The number of rotatable bonds is 2. The summed E-state index contributed by atoms with van der Waals surface area (Å²) in [5, 5.41) is 10.0. The Hall–Kier alpha value is -0.500. The zero-order valence-corrected chi connectivity index (χ0v) is 8.04. The molecule has 1 atom stereocenters. The average molecular weight is 182 g/mol. The molecule has 2 aliphatic rings. The van der Waals surface area contributed by atoms with Gasteiger partial charge in [0.1, 0.15) is 0 Å². The second kappa shape index (κ2) is 4.14. The maximum atomic E-state index is 10.0. The van der Waals surface area contributed by atoms with Crippen LogP contribution >= 0.6 is 0 Å². The largest absolute Gasteiger partial charge is 0.501 e. The molecule has 13 heavy (non-hydrogen) atoms. The molecule has 1 aliphatic heterocycles. The Balaban J connectivity index is 1.94. The molecule has 0 aromatic heterocycles. The van der Waals surface area contributed by atoms with Crippen molar-refractivity contribution in [2.45, 2.75) is 44.6 Å². The summed E-state index contributed by atoms with van der Waals surface area (Å²) in [7, 11) is 0. The van der Waals surface area contributed by atoms with E-state index in [-0.39, 0.29) is 6.10 Å². The number of hydrogen-bond acceptors (Lipinski definition) is 2. The van der Waals surface area contributed by atoms with Crippen LogP contribution in [-0.4, -0.2) is 17.8 Å². The van der Waals surface area contributed by atoms with Gasteiger partial charge in [-0.1, -0.05) is 12.8 Å². The highest BCUT2D eigenvalue weighted by Crippen LogP contribution is 2.32. The van der Waals surface area contributed by atoms with Crippen LogP contribution in [0.3, 0.4) is 0 Å². The second-order valence-electron chi connectivity index (χ2n) is 4.16. The van der Waals surface area contributed by atoms with Crippen molar-refractivity contribution >= 4 is 0 Å². The number of ether oxygens (including phenoxy) is 1. The molecule has 0 spiro atoms. The van der Waals surface area contributed by atoms with Gasteiger partial charge in [0.25, 0.3) is 0 Å². The Labute approximate surface area is 79.6 Å². The Morgan fingerprint density at radius 2 is 2.08 bits per heavy atom. The fourth-order valence-corrected chi connectivity index (χ4v) is 2.38. The molecule has 1 unspecified atom stereocenters. The molecule has 1 aliphatic carbocycles. The fourth-order valence-electron chi connectivity index (χ4n) is 2.38. The zero-order chi connectivity index (χ0) is 9.10. The summed E-state index contributed by atoms with van der Waals surface area (Å²) in [4.78, 5) is 0. The Morgan fingerprint density at radius 1 is 1.31 bits per heavy atom. The molecule has 0 aromatic carbocycles. The topological polar surface area (TPSA) is 29.5 Å². The van der Waals surface area contributed by atoms with Crippen molar-refractivity contribution in [3.05, 3.63) is 11.8 Å². The molecule has 1 saturated carbocycles. The third-order valence-corrected chi connectivity index (χ3v) is 3.19. The molecular weight excluding hydrogens is 164 g/mol. The predicted octanol–water partition coefficient (Wildman–Crippen LogP) is 2.23. The van der Waals surface area contributed by atoms with Crippen LogP contribution in [0, 0.1) is 5.92 Å². The Morgan fingerprint density at radius 3 is 2.69 bits per heavy atom. The second-order valence-corrected chi connectivity index (χ2v) is 4.16. The van der Waals surface area contributed by atoms with Gasteiger partial charge in [0.15, 0.2) is 0 Å². The highest BCUT2D eigenvalue weighted by atomic mass is 16.5. The van der Waals surface area contributed by atoms with Gasteiger partial charge >= 0.3 is 0 Å². The summed E-state index contributed by atoms with van der Waals surface area (Å²) in [5.41, 5.74) is 1.12. The standard InChI is InChI=1S/C11H18O2/c12-11(9-4-1-2-5-9)10-6-3-7-13-8-10/h8-9,11-12H,1-7H2. The summed E-state index contributed by atoms with van der Waals surface area (Å²) >= 11 is 0. The molecular formula is C11H18O2. The highest BCUT2D eigenvalue weighted by Gasteiger charge is 2.26. The van der Waals surface area contributed by atoms with Crippen molar-refractivity contribution in [1.82, 2.24) is 0 Å². The SMILES string of the molecule is OC(C1=COCCC1)C1CCCC1. The van der Waals surface area contributed by atoms with Crippen LogP contribution in [-0.2, 0) is 4.74 Å². The van der Waals surface area contributed by atoms with Gasteiger partial charge in [0.2, 0.25) is 0 Å². The van der Waals surface area contributed by atoms with E-state index < -0.39 is 0 Å². The van der Waals surface area contributed by atoms with Crippen molar-refractivity contribution in [3.8, 4) is 0 Å². The molecule has 0 radical (unpaired) electrons. The molecule has 0 aromatic rings. The van der Waals surface area contributed by atoms with Gasteiger partial charge < -0.3 is 9.84 Å². The van der Waals surface area contributed by atoms with E-state index in [1.165, 1.54) is 25.7 Å². The van der Waals surface area contributed by atoms with Crippen molar-refractivity contribution < 1.29 is 9.84 Å². The monoisotopic (exact) mass is 182 g/mol. The maximum absolute atomic E-state index is 10.0. The summed E-state index contributed by atoms with van der Waals surface area (Å²) in [6.45, 7) is 0.820. The highest BCUT2D eigenvalue weighted by molar-refractivity contribution is 5.09. The van der Waals surface area contributed by atoms with E-state index in [1.807, 2.05) is 0 Å². The average Bonchev–Trinajstić information content (AvgIpc) is 2.71. The smallest absolute Gasteiger partial charge is 0.0876 e. The van der Waals surface area contributed by atoms with E-state index in [0.29, 0.717) is 5.92 Å². The van der Waals surface area contributed by atoms with Gasteiger partial charge in [-0.2, -0.15) is 0 Å². The third kappa shape index (κ3) is 2.05. The summed E-state index contributed by atoms with van der Waals surface area (Å²) in [6, 6.07) is 0. The molecule has 1 N–H and O–H groups in total. The van der Waals surface area contributed by atoms with E-state index in [9.17, 15) is 5.11 Å². The normalized spacial score (nSPS) is 26.7. The molecule has 0 amide bonds. The van der Waals surface area contributed by atoms with Crippen LogP contribution in [0.2, 0.25) is 0 Å². The first-order chi connectivity index (χ1) is 6.38. The molecule has 74 valence electrons. The number of aliphatic hydroxyl groups is 1. The van der Waals surface area contributed by atoms with E-state index in [1.54, 1.807) is 6.26 Å². The molecule has 0 bridgehead atoms. The van der Waals surface area contributed by atoms with E-state index in [4.69, 9.17) is 4.74 Å². The number of hydrogen-bond donors (Lipinski definition) is 1. The summed E-state index contributed by atoms with van der Waals surface area (Å²) in [6.07, 6.45) is 8.62. The van der Waals surface area contributed by atoms with Crippen molar-refractivity contribution in [1.29, 1.82) is 0 Å². The minimum atomic E-state index is -0.220. The maximum Gasteiger partial charge on any atom is 0.0876 e. The molecule has 0 saturated heterocycles. The minimum absolute atomic E-state index is 0.220. The minimum Gasteiger partial charge on any atom is -0.501 e. The van der Waals surface area contributed by atoms with Gasteiger partial charge in [-0.25, -0.2) is 0 Å². The Bertz CT molecular complexity index is 192. The first-order valence-electron chi connectivity index (χ1n) is 5.36. The van der Waals surface area contributed by atoms with Gasteiger partial charge in [-0.05, 0) is 37.2 Å². The van der Waals surface area contributed by atoms with E-state index in [0.717, 1.165) is 25.0 Å². The lowest BCUT2D eigenvalue weighted by Crippen LogP contribution is -2.22. The van der Waals surface area contributed by atoms with Gasteiger partial charge in [-0.3, -0.25) is 0 Å². The van der Waals surface area contributed by atoms with Crippen molar-refractivity contribution in [3.63, 3.8) is 0 Å². The van der Waals surface area contributed by atoms with Crippen LogP contribution in [0.1, 0.15) is 38.5 Å². The van der Waals surface area contributed by atoms with E-state index in [2.05, 4.69) is 0 Å². The van der Waals surface area contributed by atoms with Crippen LogP contribution in [0.4, 0.5) is 0 Å². The third-order valence-electron chi connectivity index (χ3n) is 3.19.